The maximum absolute atomic E-state index is 5.44. The molecule has 0 saturated carbocycles. The van der Waals surface area contributed by atoms with Crippen LogP contribution in [-0.4, -0.2) is 36.1 Å². The lowest BCUT2D eigenvalue weighted by molar-refractivity contribution is 0.223. The SMILES string of the molecule is Cc1cnc(CN(C)[C@H]2CCNC2)o1. The first-order valence-corrected chi connectivity index (χ1v) is 5.08. The number of hydrogen-bond acceptors (Lipinski definition) is 4. The summed E-state index contributed by atoms with van der Waals surface area (Å²) in [6, 6.07) is 0.627. The maximum atomic E-state index is 5.44. The van der Waals surface area contributed by atoms with E-state index in [4.69, 9.17) is 4.42 Å². The number of rotatable bonds is 3. The van der Waals surface area contributed by atoms with E-state index < -0.39 is 0 Å². The van der Waals surface area contributed by atoms with Crippen molar-refractivity contribution in [1.82, 2.24) is 15.2 Å². The van der Waals surface area contributed by atoms with Gasteiger partial charge in [0.05, 0.1) is 12.7 Å². The Kier molecular flexibility index (Phi) is 2.84. The zero-order chi connectivity index (χ0) is 9.97. The highest BCUT2D eigenvalue weighted by atomic mass is 16.4. The van der Waals surface area contributed by atoms with E-state index in [2.05, 4.69) is 22.2 Å². The summed E-state index contributed by atoms with van der Waals surface area (Å²) in [5.74, 6) is 1.70. The lowest BCUT2D eigenvalue weighted by atomic mass is 10.2. The van der Waals surface area contributed by atoms with Crippen molar-refractivity contribution in [2.24, 2.45) is 0 Å². The lowest BCUT2D eigenvalue weighted by Gasteiger charge is -2.21. The molecule has 1 aromatic rings. The Bertz CT molecular complexity index is 291. The van der Waals surface area contributed by atoms with Crippen molar-refractivity contribution in [2.75, 3.05) is 20.1 Å². The Hall–Kier alpha value is -0.870. The van der Waals surface area contributed by atoms with Gasteiger partial charge < -0.3 is 9.73 Å². The Morgan fingerprint density at radius 1 is 1.71 bits per heavy atom. The molecule has 0 bridgehead atoms. The maximum Gasteiger partial charge on any atom is 0.208 e. The van der Waals surface area contributed by atoms with Crippen LogP contribution in [-0.2, 0) is 6.54 Å². The van der Waals surface area contributed by atoms with Crippen molar-refractivity contribution in [1.29, 1.82) is 0 Å². The molecular weight excluding hydrogens is 178 g/mol. The molecule has 14 heavy (non-hydrogen) atoms. The molecule has 2 heterocycles. The van der Waals surface area contributed by atoms with Crippen LogP contribution in [0.5, 0.6) is 0 Å². The van der Waals surface area contributed by atoms with Crippen molar-refractivity contribution in [2.45, 2.75) is 25.9 Å². The molecular formula is C10H17N3O. The molecule has 0 amide bonds. The van der Waals surface area contributed by atoms with Gasteiger partial charge in [-0.1, -0.05) is 0 Å². The Labute approximate surface area is 84.3 Å². The second-order valence-corrected chi connectivity index (χ2v) is 3.93. The number of nitrogens with zero attached hydrogens (tertiary/aromatic N) is 2. The van der Waals surface area contributed by atoms with Gasteiger partial charge in [-0.2, -0.15) is 0 Å². The quantitative estimate of drug-likeness (QED) is 0.773. The summed E-state index contributed by atoms with van der Waals surface area (Å²) in [6.07, 6.45) is 2.99. The van der Waals surface area contributed by atoms with E-state index in [9.17, 15) is 0 Å². The fourth-order valence-electron chi connectivity index (χ4n) is 1.83. The zero-order valence-electron chi connectivity index (χ0n) is 8.79. The topological polar surface area (TPSA) is 41.3 Å². The largest absolute Gasteiger partial charge is 0.445 e. The first-order valence-electron chi connectivity index (χ1n) is 5.08. The number of oxazole rings is 1. The highest BCUT2D eigenvalue weighted by Crippen LogP contribution is 2.10. The summed E-state index contributed by atoms with van der Waals surface area (Å²) in [4.78, 5) is 6.50. The van der Waals surface area contributed by atoms with E-state index in [1.807, 2.05) is 6.92 Å². The molecule has 1 aliphatic heterocycles. The molecule has 1 aromatic heterocycles. The molecule has 78 valence electrons. The fraction of sp³-hybridized carbons (Fsp3) is 0.700. The van der Waals surface area contributed by atoms with E-state index in [1.165, 1.54) is 6.42 Å². The first kappa shape index (κ1) is 9.68. The van der Waals surface area contributed by atoms with Gasteiger partial charge in [0.1, 0.15) is 5.76 Å². The molecule has 0 spiro atoms. The minimum absolute atomic E-state index is 0.627. The monoisotopic (exact) mass is 195 g/mol. The Morgan fingerprint density at radius 2 is 2.57 bits per heavy atom. The van der Waals surface area contributed by atoms with E-state index in [0.29, 0.717) is 6.04 Å². The van der Waals surface area contributed by atoms with Crippen molar-refractivity contribution < 1.29 is 4.42 Å². The summed E-state index contributed by atoms with van der Waals surface area (Å²) >= 11 is 0. The smallest absolute Gasteiger partial charge is 0.208 e. The Morgan fingerprint density at radius 3 is 3.14 bits per heavy atom. The molecule has 1 N–H and O–H groups in total. The van der Waals surface area contributed by atoms with Crippen molar-refractivity contribution >= 4 is 0 Å². The van der Waals surface area contributed by atoms with E-state index in [0.717, 1.165) is 31.3 Å². The third-order valence-corrected chi connectivity index (χ3v) is 2.71. The van der Waals surface area contributed by atoms with Crippen LogP contribution < -0.4 is 5.32 Å². The predicted octanol–water partition coefficient (Wildman–Crippen LogP) is 0.777. The third-order valence-electron chi connectivity index (χ3n) is 2.71. The number of aryl methyl sites for hydroxylation is 1. The highest BCUT2D eigenvalue weighted by molar-refractivity contribution is 4.91. The van der Waals surface area contributed by atoms with Crippen LogP contribution in [0, 0.1) is 6.92 Å². The molecule has 1 atom stereocenters. The van der Waals surface area contributed by atoms with Gasteiger partial charge in [0.2, 0.25) is 5.89 Å². The minimum Gasteiger partial charge on any atom is -0.445 e. The van der Waals surface area contributed by atoms with Crippen LogP contribution in [0.3, 0.4) is 0 Å². The summed E-state index contributed by atoms with van der Waals surface area (Å²) in [5, 5.41) is 3.35. The van der Waals surface area contributed by atoms with Gasteiger partial charge in [-0.05, 0) is 26.9 Å². The zero-order valence-corrected chi connectivity index (χ0v) is 8.79. The van der Waals surface area contributed by atoms with Crippen molar-refractivity contribution in [3.05, 3.63) is 17.8 Å². The lowest BCUT2D eigenvalue weighted by Crippen LogP contribution is -2.32. The number of nitrogens with one attached hydrogen (secondary N) is 1. The standard InChI is InChI=1S/C10H17N3O/c1-8-5-12-10(14-8)7-13(2)9-3-4-11-6-9/h5,9,11H,3-4,6-7H2,1-2H3/t9-/m0/s1. The molecule has 0 aromatic carbocycles. The highest BCUT2D eigenvalue weighted by Gasteiger charge is 2.20. The molecule has 0 aliphatic carbocycles. The molecule has 0 unspecified atom stereocenters. The van der Waals surface area contributed by atoms with Gasteiger partial charge in [-0.3, -0.25) is 4.90 Å². The summed E-state index contributed by atoms with van der Waals surface area (Å²) in [7, 11) is 2.12. The third kappa shape index (κ3) is 2.13. The van der Waals surface area contributed by atoms with Crippen LogP contribution in [0.1, 0.15) is 18.1 Å². The van der Waals surface area contributed by atoms with Crippen LogP contribution in [0.15, 0.2) is 10.6 Å². The van der Waals surface area contributed by atoms with Gasteiger partial charge in [-0.25, -0.2) is 4.98 Å². The molecule has 1 fully saturated rings. The normalized spacial score (nSPS) is 22.1. The van der Waals surface area contributed by atoms with Gasteiger partial charge in [0.15, 0.2) is 0 Å². The first-order chi connectivity index (χ1) is 6.75. The second kappa shape index (κ2) is 4.11. The molecule has 1 saturated heterocycles. The Balaban J connectivity index is 1.90. The summed E-state index contributed by atoms with van der Waals surface area (Å²) in [6.45, 7) is 4.93. The second-order valence-electron chi connectivity index (χ2n) is 3.93. The fourth-order valence-corrected chi connectivity index (χ4v) is 1.83. The number of likely N-dealkylation sites (N-methyl/N-ethyl adjacent to an activating group) is 1. The molecule has 4 nitrogen and oxygen atoms in total. The van der Waals surface area contributed by atoms with Gasteiger partial charge in [0, 0.05) is 12.6 Å². The van der Waals surface area contributed by atoms with Gasteiger partial charge in [0.25, 0.3) is 0 Å². The molecule has 0 radical (unpaired) electrons. The molecule has 2 rings (SSSR count). The predicted molar refractivity (Wildman–Crippen MR) is 54.0 cm³/mol. The molecule has 1 aliphatic rings. The van der Waals surface area contributed by atoms with Crippen LogP contribution in [0.25, 0.3) is 0 Å². The van der Waals surface area contributed by atoms with E-state index >= 15 is 0 Å². The van der Waals surface area contributed by atoms with Crippen molar-refractivity contribution in [3.8, 4) is 0 Å². The van der Waals surface area contributed by atoms with Gasteiger partial charge in [-0.15, -0.1) is 0 Å². The number of aromatic nitrogens is 1. The van der Waals surface area contributed by atoms with Crippen molar-refractivity contribution in [3.63, 3.8) is 0 Å². The van der Waals surface area contributed by atoms with E-state index in [1.54, 1.807) is 6.20 Å². The average molecular weight is 195 g/mol. The molecule has 4 heteroatoms. The number of hydrogen-bond donors (Lipinski definition) is 1. The van der Waals surface area contributed by atoms with Crippen LogP contribution in [0.4, 0.5) is 0 Å². The van der Waals surface area contributed by atoms with Crippen LogP contribution >= 0.6 is 0 Å². The van der Waals surface area contributed by atoms with Gasteiger partial charge >= 0.3 is 0 Å². The van der Waals surface area contributed by atoms with E-state index in [-0.39, 0.29) is 0 Å². The minimum atomic E-state index is 0.627. The average Bonchev–Trinajstić information content (AvgIpc) is 2.75. The van der Waals surface area contributed by atoms with Crippen LogP contribution in [0.2, 0.25) is 0 Å². The summed E-state index contributed by atoms with van der Waals surface area (Å²) < 4.78 is 5.44. The summed E-state index contributed by atoms with van der Waals surface area (Å²) in [5.41, 5.74) is 0.